The Morgan fingerprint density at radius 3 is 2.69 bits per heavy atom. The van der Waals surface area contributed by atoms with E-state index in [0.717, 1.165) is 5.56 Å². The second-order valence-electron chi connectivity index (χ2n) is 6.56. The van der Waals surface area contributed by atoms with E-state index < -0.39 is 11.2 Å². The largest absolute Gasteiger partial charge is 0.385 e. The zero-order chi connectivity index (χ0) is 20.8. The Labute approximate surface area is 166 Å². The molecule has 0 saturated heterocycles. The number of hydrogen-bond acceptors (Lipinski definition) is 8. The van der Waals surface area contributed by atoms with E-state index in [-0.39, 0.29) is 24.6 Å². The van der Waals surface area contributed by atoms with E-state index in [9.17, 15) is 9.59 Å². The van der Waals surface area contributed by atoms with E-state index in [1.807, 2.05) is 30.3 Å². The van der Waals surface area contributed by atoms with Gasteiger partial charge in [-0.25, -0.2) is 4.79 Å². The maximum Gasteiger partial charge on any atom is 0.330 e. The molecule has 0 radical (unpaired) electrons. The van der Waals surface area contributed by atoms with Crippen LogP contribution in [-0.2, 0) is 17.8 Å². The first-order valence-electron chi connectivity index (χ1n) is 9.19. The van der Waals surface area contributed by atoms with Gasteiger partial charge in [0.2, 0.25) is 5.89 Å². The highest BCUT2D eigenvalue weighted by atomic mass is 16.5. The topological polar surface area (TPSA) is 132 Å². The summed E-state index contributed by atoms with van der Waals surface area (Å²) in [6.07, 6.45) is 0.643. The number of anilines is 2. The van der Waals surface area contributed by atoms with Crippen molar-refractivity contribution in [2.45, 2.75) is 26.4 Å². The number of aromatic amines is 1. The summed E-state index contributed by atoms with van der Waals surface area (Å²) in [7, 11) is 1.61. The minimum atomic E-state index is -0.563. The molecule has 1 aromatic carbocycles. The molecule has 3 rings (SSSR count). The second-order valence-corrected chi connectivity index (χ2v) is 6.56. The number of H-pyrrole nitrogens is 1. The van der Waals surface area contributed by atoms with Gasteiger partial charge in [0.25, 0.3) is 5.56 Å². The van der Waals surface area contributed by atoms with E-state index in [4.69, 9.17) is 15.0 Å². The van der Waals surface area contributed by atoms with Crippen LogP contribution in [0.4, 0.5) is 11.5 Å². The molecule has 0 saturated carbocycles. The van der Waals surface area contributed by atoms with Gasteiger partial charge < -0.3 is 19.9 Å². The molecule has 10 heteroatoms. The van der Waals surface area contributed by atoms with Crippen LogP contribution in [0.1, 0.15) is 23.7 Å². The van der Waals surface area contributed by atoms with Crippen molar-refractivity contribution >= 4 is 11.5 Å². The maximum absolute atomic E-state index is 12.6. The molecule has 29 heavy (non-hydrogen) atoms. The van der Waals surface area contributed by atoms with Crippen molar-refractivity contribution < 1.29 is 9.26 Å². The van der Waals surface area contributed by atoms with Gasteiger partial charge in [0.15, 0.2) is 5.82 Å². The van der Waals surface area contributed by atoms with Gasteiger partial charge in [-0.15, -0.1) is 0 Å². The number of ether oxygens (including phenoxy) is 1. The summed E-state index contributed by atoms with van der Waals surface area (Å²) < 4.78 is 11.5. The first kappa shape index (κ1) is 20.3. The number of nitrogen functional groups attached to an aromatic ring is 1. The Morgan fingerprint density at radius 1 is 1.28 bits per heavy atom. The standard InChI is InChI=1S/C19H24N6O4/c1-13-21-15(23-29-13)12-24(9-6-10-28-2)16-17(20)25(19(27)22-18(16)26)11-14-7-4-3-5-8-14/h3-5,7-8H,6,9-12,20H2,1-2H3,(H,22,26,27). The summed E-state index contributed by atoms with van der Waals surface area (Å²) in [5, 5.41) is 3.90. The molecule has 2 aromatic heterocycles. The molecule has 0 spiro atoms. The Kier molecular flexibility index (Phi) is 6.45. The number of aromatic nitrogens is 4. The molecule has 2 heterocycles. The molecule has 0 aliphatic rings. The summed E-state index contributed by atoms with van der Waals surface area (Å²) in [5.74, 6) is 0.924. The fraction of sp³-hybridized carbons (Fsp3) is 0.368. The van der Waals surface area contributed by atoms with Gasteiger partial charge in [0, 0.05) is 27.2 Å². The molecular weight excluding hydrogens is 376 g/mol. The number of methoxy groups -OCH3 is 1. The third-order valence-electron chi connectivity index (χ3n) is 4.39. The van der Waals surface area contributed by atoms with Crippen molar-refractivity contribution in [3.63, 3.8) is 0 Å². The number of nitrogens with two attached hydrogens (primary N) is 1. The molecule has 0 fully saturated rings. The average molecular weight is 400 g/mol. The van der Waals surface area contributed by atoms with Gasteiger partial charge >= 0.3 is 5.69 Å². The zero-order valence-corrected chi connectivity index (χ0v) is 16.4. The summed E-state index contributed by atoms with van der Waals surface area (Å²) in [6.45, 7) is 3.09. The molecule has 0 bridgehead atoms. The van der Waals surface area contributed by atoms with Crippen LogP contribution in [0.3, 0.4) is 0 Å². The monoisotopic (exact) mass is 400 g/mol. The van der Waals surface area contributed by atoms with Crippen molar-refractivity contribution in [3.8, 4) is 0 Å². The van der Waals surface area contributed by atoms with Gasteiger partial charge in [-0.3, -0.25) is 14.3 Å². The third kappa shape index (κ3) is 4.91. The summed E-state index contributed by atoms with van der Waals surface area (Å²) in [4.78, 5) is 33.4. The smallest absolute Gasteiger partial charge is 0.330 e. The lowest BCUT2D eigenvalue weighted by Gasteiger charge is -2.25. The molecule has 0 aliphatic heterocycles. The quantitative estimate of drug-likeness (QED) is 0.506. The Bertz CT molecular complexity index is 1060. The van der Waals surface area contributed by atoms with Gasteiger partial charge in [-0.05, 0) is 12.0 Å². The van der Waals surface area contributed by atoms with Gasteiger partial charge in [-0.2, -0.15) is 4.98 Å². The van der Waals surface area contributed by atoms with E-state index in [1.165, 1.54) is 4.57 Å². The minimum absolute atomic E-state index is 0.0836. The van der Waals surface area contributed by atoms with Gasteiger partial charge in [-0.1, -0.05) is 35.5 Å². The van der Waals surface area contributed by atoms with E-state index in [1.54, 1.807) is 18.9 Å². The van der Waals surface area contributed by atoms with Crippen LogP contribution in [-0.4, -0.2) is 40.0 Å². The average Bonchev–Trinajstić information content (AvgIpc) is 3.10. The second kappa shape index (κ2) is 9.20. The van der Waals surface area contributed by atoms with Crippen molar-refractivity contribution in [1.82, 2.24) is 19.7 Å². The number of rotatable bonds is 9. The fourth-order valence-electron chi connectivity index (χ4n) is 3.05. The number of benzene rings is 1. The molecule has 10 nitrogen and oxygen atoms in total. The van der Waals surface area contributed by atoms with Crippen LogP contribution in [0.5, 0.6) is 0 Å². The molecule has 3 aromatic rings. The molecule has 0 atom stereocenters. The lowest BCUT2D eigenvalue weighted by Crippen LogP contribution is -2.39. The molecule has 154 valence electrons. The zero-order valence-electron chi connectivity index (χ0n) is 16.4. The first-order valence-corrected chi connectivity index (χ1v) is 9.19. The highest BCUT2D eigenvalue weighted by Crippen LogP contribution is 2.20. The first-order chi connectivity index (χ1) is 14.0. The van der Waals surface area contributed by atoms with Crippen LogP contribution < -0.4 is 21.9 Å². The van der Waals surface area contributed by atoms with Crippen LogP contribution in [0.25, 0.3) is 0 Å². The van der Waals surface area contributed by atoms with Gasteiger partial charge in [0.05, 0.1) is 13.1 Å². The van der Waals surface area contributed by atoms with Gasteiger partial charge in [0.1, 0.15) is 11.5 Å². The Morgan fingerprint density at radius 2 is 2.03 bits per heavy atom. The minimum Gasteiger partial charge on any atom is -0.385 e. The van der Waals surface area contributed by atoms with E-state index in [0.29, 0.717) is 31.3 Å². The maximum atomic E-state index is 12.6. The molecule has 3 N–H and O–H groups in total. The van der Waals surface area contributed by atoms with Crippen LogP contribution in [0.15, 0.2) is 44.4 Å². The van der Waals surface area contributed by atoms with Crippen molar-refractivity contribution in [2.24, 2.45) is 0 Å². The Hall–Kier alpha value is -3.40. The summed E-state index contributed by atoms with van der Waals surface area (Å²) in [5.41, 5.74) is 6.26. The highest BCUT2D eigenvalue weighted by molar-refractivity contribution is 5.62. The highest BCUT2D eigenvalue weighted by Gasteiger charge is 2.21. The number of nitrogens with one attached hydrogen (secondary N) is 1. The van der Waals surface area contributed by atoms with Crippen LogP contribution >= 0.6 is 0 Å². The third-order valence-corrected chi connectivity index (χ3v) is 4.39. The lowest BCUT2D eigenvalue weighted by atomic mass is 10.2. The molecule has 0 unspecified atom stereocenters. The van der Waals surface area contributed by atoms with Crippen molar-refractivity contribution in [2.75, 3.05) is 30.9 Å². The normalized spacial score (nSPS) is 11.0. The number of hydrogen-bond donors (Lipinski definition) is 2. The number of nitrogens with zero attached hydrogens (tertiary/aromatic N) is 4. The molecule has 0 amide bonds. The predicted octanol–water partition coefficient (Wildman–Crippen LogP) is 0.902. The van der Waals surface area contributed by atoms with Crippen molar-refractivity contribution in [3.05, 3.63) is 68.4 Å². The summed E-state index contributed by atoms with van der Waals surface area (Å²) in [6, 6.07) is 9.40. The predicted molar refractivity (Wildman–Crippen MR) is 108 cm³/mol. The number of aryl methyl sites for hydroxylation is 1. The summed E-state index contributed by atoms with van der Waals surface area (Å²) >= 11 is 0. The van der Waals surface area contributed by atoms with Crippen molar-refractivity contribution in [1.29, 1.82) is 0 Å². The molecule has 0 aliphatic carbocycles. The SMILES string of the molecule is COCCCN(Cc1noc(C)n1)c1c(N)n(Cc2ccccc2)c(=O)[nH]c1=O. The fourth-order valence-corrected chi connectivity index (χ4v) is 3.05. The van der Waals surface area contributed by atoms with E-state index >= 15 is 0 Å². The van der Waals surface area contributed by atoms with E-state index in [2.05, 4.69) is 15.1 Å². The van der Waals surface area contributed by atoms with Crippen LogP contribution in [0.2, 0.25) is 0 Å². The Balaban J connectivity index is 2.00. The van der Waals surface area contributed by atoms with Crippen LogP contribution in [0, 0.1) is 6.92 Å². The molecular formula is C19H24N6O4. The lowest BCUT2D eigenvalue weighted by molar-refractivity contribution is 0.196.